The summed E-state index contributed by atoms with van der Waals surface area (Å²) in [7, 11) is 0. The van der Waals surface area contributed by atoms with Crippen molar-refractivity contribution in [2.24, 2.45) is 0 Å². The van der Waals surface area contributed by atoms with Crippen molar-refractivity contribution in [1.29, 1.82) is 0 Å². The number of nitrogens with zero attached hydrogens (tertiary/aromatic N) is 2. The van der Waals surface area contributed by atoms with Gasteiger partial charge in [0, 0.05) is 9.77 Å². The first-order valence-electron chi connectivity index (χ1n) is 7.61. The number of aromatic nitrogens is 2. The van der Waals surface area contributed by atoms with Crippen molar-refractivity contribution in [3.8, 4) is 10.8 Å². The van der Waals surface area contributed by atoms with Crippen LogP contribution >= 0.6 is 33.9 Å². The molecular weight excluding hydrogens is 455 g/mol. The molecule has 0 spiro atoms. The third-order valence-corrected chi connectivity index (χ3v) is 5.95. The number of rotatable bonds is 3. The van der Waals surface area contributed by atoms with Gasteiger partial charge >= 0.3 is 5.97 Å². The van der Waals surface area contributed by atoms with Gasteiger partial charge in [0.1, 0.15) is 18.4 Å². The van der Waals surface area contributed by atoms with Crippen LogP contribution in [0.1, 0.15) is 26.3 Å². The van der Waals surface area contributed by atoms with Crippen molar-refractivity contribution in [3.05, 3.63) is 38.1 Å². The summed E-state index contributed by atoms with van der Waals surface area (Å²) in [4.78, 5) is 30.0. The molecule has 0 atom stereocenters. The fourth-order valence-corrected chi connectivity index (χ4v) is 4.58. The van der Waals surface area contributed by atoms with E-state index < -0.39 is 11.6 Å². The van der Waals surface area contributed by atoms with Gasteiger partial charge in [-0.1, -0.05) is 0 Å². The number of pyridine rings is 1. The van der Waals surface area contributed by atoms with Crippen molar-refractivity contribution in [2.45, 2.75) is 39.8 Å². The molecule has 6 nitrogen and oxygen atoms in total. The van der Waals surface area contributed by atoms with Gasteiger partial charge in [0.15, 0.2) is 0 Å². The van der Waals surface area contributed by atoms with Crippen molar-refractivity contribution in [2.75, 3.05) is 0 Å². The van der Waals surface area contributed by atoms with Crippen molar-refractivity contribution >= 4 is 50.0 Å². The van der Waals surface area contributed by atoms with E-state index in [2.05, 4.69) is 27.6 Å². The fourth-order valence-electron chi connectivity index (χ4n) is 2.51. The number of hydrogen-bond donors (Lipinski definition) is 0. The molecule has 0 aliphatic heterocycles. The zero-order valence-corrected chi connectivity index (χ0v) is 17.2. The predicted molar refractivity (Wildman–Crippen MR) is 105 cm³/mol. The molecule has 3 aromatic heterocycles. The van der Waals surface area contributed by atoms with Crippen LogP contribution in [0.5, 0.6) is 0 Å². The quantitative estimate of drug-likeness (QED) is 0.426. The Bertz CT molecular complexity index is 996. The van der Waals surface area contributed by atoms with E-state index in [1.165, 1.54) is 22.2 Å². The zero-order valence-electron chi connectivity index (χ0n) is 14.3. The highest BCUT2D eigenvalue weighted by atomic mass is 127. The Hall–Kier alpha value is -1.68. The molecule has 8 heteroatoms. The van der Waals surface area contributed by atoms with E-state index in [4.69, 9.17) is 9.15 Å². The van der Waals surface area contributed by atoms with E-state index in [9.17, 15) is 9.59 Å². The molecule has 132 valence electrons. The minimum absolute atomic E-state index is 0.119. The smallest absolute Gasteiger partial charge is 0.326 e. The van der Waals surface area contributed by atoms with E-state index in [1.54, 1.807) is 33.2 Å². The summed E-state index contributed by atoms with van der Waals surface area (Å²) in [5.74, 6) is 0.0538. The van der Waals surface area contributed by atoms with Crippen molar-refractivity contribution in [3.63, 3.8) is 0 Å². The minimum atomic E-state index is -0.589. The van der Waals surface area contributed by atoms with Crippen LogP contribution in [0.4, 0.5) is 0 Å². The SMILES string of the molecule is Cc1c(-c2ncco2)sc2c(I)cn(CC(=O)OC(C)(C)C)c(=O)c12. The first-order valence-corrected chi connectivity index (χ1v) is 9.50. The summed E-state index contributed by atoms with van der Waals surface area (Å²) in [6.07, 6.45) is 4.76. The maximum Gasteiger partial charge on any atom is 0.326 e. The summed E-state index contributed by atoms with van der Waals surface area (Å²) in [6, 6.07) is 0. The molecule has 3 rings (SSSR count). The summed E-state index contributed by atoms with van der Waals surface area (Å²) >= 11 is 3.64. The summed E-state index contributed by atoms with van der Waals surface area (Å²) in [5, 5.41) is 0.591. The molecule has 0 N–H and O–H groups in total. The van der Waals surface area contributed by atoms with Crippen molar-refractivity contribution in [1.82, 2.24) is 9.55 Å². The van der Waals surface area contributed by atoms with Crippen LogP contribution in [0.15, 0.2) is 27.9 Å². The van der Waals surface area contributed by atoms with Gasteiger partial charge in [-0.2, -0.15) is 0 Å². The van der Waals surface area contributed by atoms with Gasteiger partial charge in [-0.25, -0.2) is 4.98 Å². The average molecular weight is 472 g/mol. The molecule has 0 saturated carbocycles. The molecule has 0 aliphatic carbocycles. The molecule has 0 fully saturated rings. The fraction of sp³-hybridized carbons (Fsp3) is 0.353. The predicted octanol–water partition coefficient (Wildman–Crippen LogP) is 3.97. The molecule has 0 aliphatic rings. The first-order chi connectivity index (χ1) is 11.7. The monoisotopic (exact) mass is 472 g/mol. The van der Waals surface area contributed by atoms with E-state index >= 15 is 0 Å². The number of carbonyl (C=O) groups is 1. The van der Waals surface area contributed by atoms with Gasteiger partial charge in [-0.3, -0.25) is 9.59 Å². The van der Waals surface area contributed by atoms with E-state index in [0.717, 1.165) is 18.7 Å². The number of thiophene rings is 1. The van der Waals surface area contributed by atoms with Gasteiger partial charge in [0.25, 0.3) is 5.56 Å². The highest BCUT2D eigenvalue weighted by Crippen LogP contribution is 2.37. The topological polar surface area (TPSA) is 74.3 Å². The van der Waals surface area contributed by atoms with Gasteiger partial charge in [-0.05, 0) is 55.8 Å². The number of ether oxygens (including phenoxy) is 1. The normalized spacial score (nSPS) is 11.9. The Morgan fingerprint density at radius 3 is 2.76 bits per heavy atom. The molecule has 3 heterocycles. The molecule has 0 amide bonds. The Morgan fingerprint density at radius 2 is 2.16 bits per heavy atom. The van der Waals surface area contributed by atoms with E-state index in [0.29, 0.717) is 11.3 Å². The number of oxazole rings is 1. The van der Waals surface area contributed by atoms with Crippen LogP contribution in [0.3, 0.4) is 0 Å². The molecule has 0 bridgehead atoms. The van der Waals surface area contributed by atoms with Crippen molar-refractivity contribution < 1.29 is 13.9 Å². The minimum Gasteiger partial charge on any atom is -0.459 e. The lowest BCUT2D eigenvalue weighted by atomic mass is 10.2. The second-order valence-electron chi connectivity index (χ2n) is 6.59. The second-order valence-corrected chi connectivity index (χ2v) is 8.78. The Balaban J connectivity index is 2.08. The molecule has 0 aromatic carbocycles. The van der Waals surface area contributed by atoms with Gasteiger partial charge in [-0.15, -0.1) is 11.3 Å². The van der Waals surface area contributed by atoms with Crippen LogP contribution in [0.25, 0.3) is 20.9 Å². The lowest BCUT2D eigenvalue weighted by Gasteiger charge is -2.19. The molecule has 0 saturated heterocycles. The molecular formula is C17H17IN2O4S. The maximum atomic E-state index is 12.9. The average Bonchev–Trinajstić information content (AvgIpc) is 3.10. The summed E-state index contributed by atoms with van der Waals surface area (Å²) in [6.45, 7) is 7.14. The van der Waals surface area contributed by atoms with Gasteiger partial charge < -0.3 is 13.7 Å². The Labute approximate surface area is 162 Å². The van der Waals surface area contributed by atoms with Crippen LogP contribution in [-0.2, 0) is 16.1 Å². The van der Waals surface area contributed by atoms with Crippen LogP contribution in [0, 0.1) is 10.5 Å². The Kier molecular flexibility index (Phi) is 4.76. The first kappa shape index (κ1) is 18.1. The standard InChI is InChI=1S/C17H17IN2O4S/c1-9-12-14(25-13(9)15-19-5-6-23-15)10(18)7-20(16(12)22)8-11(21)24-17(2,3)4/h5-7H,8H2,1-4H3. The van der Waals surface area contributed by atoms with Crippen LogP contribution in [0.2, 0.25) is 0 Å². The van der Waals surface area contributed by atoms with Crippen LogP contribution in [-0.4, -0.2) is 21.1 Å². The number of fused-ring (bicyclic) bond motifs is 1. The molecule has 3 aromatic rings. The van der Waals surface area contributed by atoms with Gasteiger partial charge in [0.2, 0.25) is 5.89 Å². The number of carbonyl (C=O) groups excluding carboxylic acids is 1. The summed E-state index contributed by atoms with van der Waals surface area (Å²) < 4.78 is 13.9. The van der Waals surface area contributed by atoms with Crippen LogP contribution < -0.4 is 5.56 Å². The number of aryl methyl sites for hydroxylation is 1. The third-order valence-electron chi connectivity index (χ3n) is 3.45. The highest BCUT2D eigenvalue weighted by Gasteiger charge is 2.22. The van der Waals surface area contributed by atoms with Gasteiger partial charge in [0.05, 0.1) is 21.2 Å². The zero-order chi connectivity index (χ0) is 18.4. The van der Waals surface area contributed by atoms with E-state index in [1.807, 2.05) is 6.92 Å². The second kappa shape index (κ2) is 6.56. The molecule has 0 radical (unpaired) electrons. The number of hydrogen-bond acceptors (Lipinski definition) is 6. The summed E-state index contributed by atoms with van der Waals surface area (Å²) in [5.41, 5.74) is 0.00528. The largest absolute Gasteiger partial charge is 0.459 e. The Morgan fingerprint density at radius 1 is 1.44 bits per heavy atom. The molecule has 0 unspecified atom stereocenters. The van der Waals surface area contributed by atoms with E-state index in [-0.39, 0.29) is 12.1 Å². The maximum absolute atomic E-state index is 12.9. The highest BCUT2D eigenvalue weighted by molar-refractivity contribution is 14.1. The molecule has 25 heavy (non-hydrogen) atoms. The lowest BCUT2D eigenvalue weighted by molar-refractivity contribution is -0.155. The third kappa shape index (κ3) is 3.64. The number of esters is 1. The number of halogens is 1. The lowest BCUT2D eigenvalue weighted by Crippen LogP contribution is -2.30.